The molecule has 0 radical (unpaired) electrons. The molecule has 0 aliphatic rings. The molecule has 138 valence electrons. The summed E-state index contributed by atoms with van der Waals surface area (Å²) < 4.78 is 10.7. The first kappa shape index (κ1) is 20.1. The van der Waals surface area contributed by atoms with Gasteiger partial charge in [0.15, 0.2) is 10.5 Å². The summed E-state index contributed by atoms with van der Waals surface area (Å²) in [5.74, 6) is -0.351. The summed E-state index contributed by atoms with van der Waals surface area (Å²) in [4.78, 5) is 11.4. The summed E-state index contributed by atoms with van der Waals surface area (Å²) in [5, 5.41) is 0. The molecule has 1 atom stereocenters. The average molecular weight is 369 g/mol. The topological polar surface area (TPSA) is 35.5 Å². The predicted molar refractivity (Wildman–Crippen MR) is 109 cm³/mol. The van der Waals surface area contributed by atoms with Crippen LogP contribution >= 0.6 is 0 Å². The largest absolute Gasteiger partial charge is 0.433 e. The Labute approximate surface area is 159 Å². The van der Waals surface area contributed by atoms with Crippen LogP contribution in [0.15, 0.2) is 72.8 Å². The molecule has 0 spiro atoms. The number of carbonyl (C=O) groups is 1. The van der Waals surface area contributed by atoms with Crippen molar-refractivity contribution < 1.29 is 14.0 Å². The van der Waals surface area contributed by atoms with Gasteiger partial charge in [-0.1, -0.05) is 87.5 Å². The van der Waals surface area contributed by atoms with Gasteiger partial charge in [-0.25, -0.2) is 0 Å². The van der Waals surface area contributed by atoms with Crippen LogP contribution < -0.4 is 0 Å². The van der Waals surface area contributed by atoms with Gasteiger partial charge in [-0.2, -0.15) is 0 Å². The quantitative estimate of drug-likeness (QED) is 0.337. The van der Waals surface area contributed by atoms with Crippen LogP contribution in [0.3, 0.4) is 0 Å². The van der Waals surface area contributed by atoms with Crippen molar-refractivity contribution in [1.29, 1.82) is 0 Å². The van der Waals surface area contributed by atoms with E-state index in [1.165, 1.54) is 18.1 Å². The Kier molecular flexibility index (Phi) is 6.56. The van der Waals surface area contributed by atoms with E-state index >= 15 is 0 Å². The third-order valence-electron chi connectivity index (χ3n) is 4.66. The van der Waals surface area contributed by atoms with Gasteiger partial charge >= 0.3 is 5.97 Å². The second-order valence-electron chi connectivity index (χ2n) is 7.36. The zero-order valence-corrected chi connectivity index (χ0v) is 18.2. The lowest BCUT2D eigenvalue weighted by atomic mass is 9.59. The minimum Gasteiger partial charge on any atom is -0.433 e. The Hall–Kier alpha value is -2.17. The number of rotatable bonds is 6. The molecule has 0 saturated heterocycles. The van der Waals surface area contributed by atoms with Crippen molar-refractivity contribution in [1.82, 2.24) is 0 Å². The van der Waals surface area contributed by atoms with Gasteiger partial charge < -0.3 is 9.16 Å². The molecule has 2 aromatic rings. The van der Waals surface area contributed by atoms with Gasteiger partial charge in [0.2, 0.25) is 6.29 Å². The number of esters is 1. The van der Waals surface area contributed by atoms with Crippen molar-refractivity contribution >= 4 is 16.5 Å². The van der Waals surface area contributed by atoms with E-state index in [9.17, 15) is 4.79 Å². The molecule has 1 unspecified atom stereocenters. The maximum atomic E-state index is 11.4. The van der Waals surface area contributed by atoms with Gasteiger partial charge in [0.1, 0.15) is 0 Å². The highest BCUT2D eigenvalue weighted by Crippen LogP contribution is 2.48. The number of ether oxygens (including phenoxy) is 1. The molecule has 0 aliphatic heterocycles. The Morgan fingerprint density at radius 1 is 0.962 bits per heavy atom. The third kappa shape index (κ3) is 4.32. The van der Waals surface area contributed by atoms with Crippen LogP contribution in [0.2, 0.25) is 0 Å². The number of benzene rings is 2. The molecule has 0 N–H and O–H groups in total. The van der Waals surface area contributed by atoms with E-state index < -0.39 is 11.7 Å². The van der Waals surface area contributed by atoms with E-state index in [2.05, 4.69) is 75.4 Å². The second kappa shape index (κ2) is 8.47. The number of allylic oxidation sites excluding steroid dienone is 1. The Morgan fingerprint density at radius 3 is 1.77 bits per heavy atom. The van der Waals surface area contributed by atoms with Crippen LogP contribution in [0.4, 0.5) is 0 Å². The lowest BCUT2D eigenvalue weighted by molar-refractivity contribution is -0.154. The highest BCUT2D eigenvalue weighted by Gasteiger charge is 2.42. The highest BCUT2D eigenvalue weighted by molar-refractivity contribution is 5.98. The first-order valence-electron chi connectivity index (χ1n) is 8.81. The zero-order valence-electron chi connectivity index (χ0n) is 16.2. The molecule has 0 aromatic heterocycles. The van der Waals surface area contributed by atoms with Crippen LogP contribution in [0, 0.1) is 5.41 Å². The molecule has 2 aromatic carbocycles. The fraction of sp³-hybridized carbons (Fsp3) is 0.318. The minimum absolute atomic E-state index is 0.127. The van der Waals surface area contributed by atoms with E-state index in [4.69, 9.17) is 9.16 Å². The Balaban J connectivity index is 2.66. The molecule has 0 fully saturated rings. The van der Waals surface area contributed by atoms with Gasteiger partial charge in [-0.15, -0.1) is 0 Å². The molecule has 0 bridgehead atoms. The number of carbonyl (C=O) groups excluding carboxylic acids is 1. The molecular weight excluding hydrogens is 340 g/mol. The summed E-state index contributed by atoms with van der Waals surface area (Å²) in [7, 11) is 0.480. The van der Waals surface area contributed by atoms with Gasteiger partial charge in [0.25, 0.3) is 0 Å². The second-order valence-corrected chi connectivity index (χ2v) is 7.83. The maximum Gasteiger partial charge on any atom is 0.305 e. The fourth-order valence-electron chi connectivity index (χ4n) is 3.43. The molecule has 0 amide bonds. The monoisotopic (exact) mass is 368 g/mol. The van der Waals surface area contributed by atoms with Crippen molar-refractivity contribution in [3.05, 3.63) is 83.9 Å². The maximum absolute atomic E-state index is 11.4. The lowest BCUT2D eigenvalue weighted by Crippen LogP contribution is -2.40. The highest BCUT2D eigenvalue weighted by atomic mass is 28.2. The van der Waals surface area contributed by atoms with Crippen LogP contribution in [-0.2, 0) is 19.4 Å². The Morgan fingerprint density at radius 2 is 1.42 bits per heavy atom. The molecular formula is C22H28O3Si. The Bertz CT molecular complexity index is 693. The van der Waals surface area contributed by atoms with Crippen LogP contribution in [0.1, 0.15) is 38.8 Å². The zero-order chi connectivity index (χ0) is 19.2. The van der Waals surface area contributed by atoms with Crippen LogP contribution in [0.5, 0.6) is 0 Å². The van der Waals surface area contributed by atoms with Crippen LogP contribution in [0.25, 0.3) is 0 Å². The van der Waals surface area contributed by atoms with E-state index in [0.29, 0.717) is 10.5 Å². The van der Waals surface area contributed by atoms with E-state index in [0.717, 1.165) is 0 Å². The summed E-state index contributed by atoms with van der Waals surface area (Å²) in [6.07, 6.45) is 3.33. The summed E-state index contributed by atoms with van der Waals surface area (Å²) in [6.45, 7) is 8.06. The van der Waals surface area contributed by atoms with Crippen molar-refractivity contribution in [2.75, 3.05) is 0 Å². The fourth-order valence-corrected chi connectivity index (χ4v) is 3.68. The molecule has 0 heterocycles. The summed E-state index contributed by atoms with van der Waals surface area (Å²) >= 11 is 0. The van der Waals surface area contributed by atoms with Gasteiger partial charge in [0.05, 0.1) is 0 Å². The average Bonchev–Trinajstić information content (AvgIpc) is 2.61. The summed E-state index contributed by atoms with van der Waals surface area (Å²) in [6, 6.07) is 20.8. The van der Waals surface area contributed by atoms with E-state index in [-0.39, 0.29) is 11.4 Å². The molecule has 0 saturated carbocycles. The van der Waals surface area contributed by atoms with Crippen molar-refractivity contribution in [3.63, 3.8) is 0 Å². The molecule has 4 heteroatoms. The predicted octanol–water partition coefficient (Wildman–Crippen LogP) is 3.76. The lowest BCUT2D eigenvalue weighted by Gasteiger charge is -2.44. The summed E-state index contributed by atoms with van der Waals surface area (Å²) in [5.41, 5.74) is 1.85. The molecule has 0 aliphatic carbocycles. The first-order valence-corrected chi connectivity index (χ1v) is 9.63. The van der Waals surface area contributed by atoms with Gasteiger partial charge in [-0.3, -0.25) is 4.79 Å². The van der Waals surface area contributed by atoms with Crippen molar-refractivity contribution in [2.24, 2.45) is 5.41 Å². The van der Waals surface area contributed by atoms with E-state index in [1.807, 2.05) is 18.2 Å². The SMILES string of the molecule is CC(=O)OC(/C=C/C(c1ccccc1)(c1ccccc1)C(C)(C)C)O[SiH3]. The van der Waals surface area contributed by atoms with Crippen molar-refractivity contribution in [3.8, 4) is 0 Å². The van der Waals surface area contributed by atoms with Gasteiger partial charge in [0, 0.05) is 12.3 Å². The normalized spacial score (nSPS) is 13.7. The third-order valence-corrected chi connectivity index (χ3v) is 5.12. The standard InChI is InChI=1S/C22H28O3Si/c1-17(23)24-20(25-26)15-16-22(21(2,3)4,18-11-7-5-8-12-18)19-13-9-6-10-14-19/h5-16,20H,1-4,26H3/b16-15+. The van der Waals surface area contributed by atoms with Crippen molar-refractivity contribution in [2.45, 2.75) is 39.4 Å². The number of hydrogen-bond donors (Lipinski definition) is 0. The van der Waals surface area contributed by atoms with E-state index in [1.54, 1.807) is 0 Å². The first-order chi connectivity index (χ1) is 12.3. The molecule has 26 heavy (non-hydrogen) atoms. The smallest absolute Gasteiger partial charge is 0.305 e. The molecule has 2 rings (SSSR count). The van der Waals surface area contributed by atoms with Gasteiger partial charge in [-0.05, 0) is 22.6 Å². The number of hydrogen-bond acceptors (Lipinski definition) is 3. The van der Waals surface area contributed by atoms with Crippen LogP contribution in [-0.4, -0.2) is 22.7 Å². The molecule has 3 nitrogen and oxygen atoms in total. The minimum atomic E-state index is -0.659.